The smallest absolute Gasteiger partial charge is 0.0991 e. The lowest BCUT2D eigenvalue weighted by Crippen LogP contribution is -1.93. The third-order valence-electron chi connectivity index (χ3n) is 2.53. The molecule has 0 fully saturated rings. The van der Waals surface area contributed by atoms with Crippen LogP contribution in [0.15, 0.2) is 18.2 Å². The van der Waals surface area contributed by atoms with Gasteiger partial charge in [0.05, 0.1) is 11.6 Å². The lowest BCUT2D eigenvalue weighted by atomic mass is 9.96. The second kappa shape index (κ2) is 5.56. The van der Waals surface area contributed by atoms with Gasteiger partial charge in [0.15, 0.2) is 0 Å². The summed E-state index contributed by atoms with van der Waals surface area (Å²) >= 11 is 0. The molecule has 0 N–H and O–H groups in total. The summed E-state index contributed by atoms with van der Waals surface area (Å²) in [6, 6.07) is 8.31. The summed E-state index contributed by atoms with van der Waals surface area (Å²) in [5, 5.41) is 8.92. The Morgan fingerprint density at radius 1 is 1.40 bits per heavy atom. The normalized spacial score (nSPS) is 10.3. The zero-order valence-electron chi connectivity index (χ0n) is 9.59. The third-order valence-corrected chi connectivity index (χ3v) is 2.53. The molecule has 0 bridgehead atoms. The van der Waals surface area contributed by atoms with Crippen LogP contribution in [0.1, 0.15) is 49.3 Å². The van der Waals surface area contributed by atoms with E-state index in [9.17, 15) is 0 Å². The van der Waals surface area contributed by atoms with Crippen molar-refractivity contribution in [2.24, 2.45) is 0 Å². The Kier molecular flexibility index (Phi) is 4.37. The van der Waals surface area contributed by atoms with E-state index in [1.807, 2.05) is 12.1 Å². The molecule has 0 aliphatic rings. The van der Waals surface area contributed by atoms with E-state index in [2.05, 4.69) is 32.9 Å². The Balaban J connectivity index is 2.96. The molecule has 0 saturated carbocycles. The standard InChI is InChI=1S/C14H18N/c1-4-5-6-12-7-13(10-15)9-14(8-12)11(2)3/h7-9,11H,2,4-6H2,1,3H3. The van der Waals surface area contributed by atoms with E-state index >= 15 is 0 Å². The van der Waals surface area contributed by atoms with E-state index in [-0.39, 0.29) is 5.92 Å². The molecule has 1 atom stereocenters. The molecule has 0 heterocycles. The number of rotatable bonds is 4. The number of aryl methyl sites for hydroxylation is 1. The molecule has 0 spiro atoms. The molecule has 1 aromatic carbocycles. The van der Waals surface area contributed by atoms with Crippen molar-refractivity contribution in [3.05, 3.63) is 41.8 Å². The van der Waals surface area contributed by atoms with Gasteiger partial charge in [-0.05, 0) is 48.9 Å². The molecule has 1 nitrogen and oxygen atoms in total. The molecule has 0 aliphatic heterocycles. The second-order valence-electron chi connectivity index (χ2n) is 4.08. The van der Waals surface area contributed by atoms with Gasteiger partial charge in [-0.3, -0.25) is 0 Å². The summed E-state index contributed by atoms with van der Waals surface area (Å²) in [5.41, 5.74) is 3.19. The highest BCUT2D eigenvalue weighted by molar-refractivity contribution is 5.39. The van der Waals surface area contributed by atoms with Crippen LogP contribution in [-0.4, -0.2) is 0 Å². The van der Waals surface area contributed by atoms with Gasteiger partial charge >= 0.3 is 0 Å². The summed E-state index contributed by atoms with van der Waals surface area (Å²) in [5.74, 6) is 0.249. The fraction of sp³-hybridized carbons (Fsp3) is 0.429. The van der Waals surface area contributed by atoms with Crippen molar-refractivity contribution in [3.63, 3.8) is 0 Å². The number of nitrogens with zero attached hydrogens (tertiary/aromatic N) is 1. The van der Waals surface area contributed by atoms with Crippen LogP contribution in [-0.2, 0) is 6.42 Å². The van der Waals surface area contributed by atoms with Crippen molar-refractivity contribution >= 4 is 0 Å². The Morgan fingerprint density at radius 2 is 2.13 bits per heavy atom. The maximum Gasteiger partial charge on any atom is 0.0991 e. The predicted molar refractivity (Wildman–Crippen MR) is 63.5 cm³/mol. The molecule has 0 amide bonds. The number of unbranched alkanes of at least 4 members (excludes halogenated alkanes) is 1. The zero-order chi connectivity index (χ0) is 11.3. The molecule has 0 aromatic heterocycles. The van der Waals surface area contributed by atoms with Gasteiger partial charge in [0.2, 0.25) is 0 Å². The summed E-state index contributed by atoms with van der Waals surface area (Å²) in [7, 11) is 0. The van der Waals surface area contributed by atoms with Crippen molar-refractivity contribution in [3.8, 4) is 6.07 Å². The van der Waals surface area contributed by atoms with Gasteiger partial charge in [-0.2, -0.15) is 5.26 Å². The predicted octanol–water partition coefficient (Wildman–Crippen LogP) is 3.84. The second-order valence-corrected chi connectivity index (χ2v) is 4.08. The van der Waals surface area contributed by atoms with Crippen molar-refractivity contribution in [1.29, 1.82) is 5.26 Å². The van der Waals surface area contributed by atoms with E-state index < -0.39 is 0 Å². The fourth-order valence-corrected chi connectivity index (χ4v) is 1.59. The molecule has 1 unspecified atom stereocenters. The Morgan fingerprint density at radius 3 is 2.67 bits per heavy atom. The highest BCUT2D eigenvalue weighted by Gasteiger charge is 2.04. The lowest BCUT2D eigenvalue weighted by Gasteiger charge is -2.08. The van der Waals surface area contributed by atoms with E-state index in [1.165, 1.54) is 24.0 Å². The van der Waals surface area contributed by atoms with Gasteiger partial charge in [-0.25, -0.2) is 0 Å². The minimum atomic E-state index is 0.249. The fourth-order valence-electron chi connectivity index (χ4n) is 1.59. The van der Waals surface area contributed by atoms with Crippen molar-refractivity contribution in [1.82, 2.24) is 0 Å². The van der Waals surface area contributed by atoms with Gasteiger partial charge in [0.1, 0.15) is 0 Å². The monoisotopic (exact) mass is 200 g/mol. The largest absolute Gasteiger partial charge is 0.192 e. The van der Waals surface area contributed by atoms with Gasteiger partial charge in [-0.1, -0.05) is 26.3 Å². The first kappa shape index (κ1) is 11.8. The molecular weight excluding hydrogens is 182 g/mol. The minimum Gasteiger partial charge on any atom is -0.192 e. The summed E-state index contributed by atoms with van der Waals surface area (Å²) in [6.45, 7) is 8.23. The van der Waals surface area contributed by atoms with Crippen LogP contribution in [0.3, 0.4) is 0 Å². The van der Waals surface area contributed by atoms with Crippen molar-refractivity contribution < 1.29 is 0 Å². The molecule has 0 saturated heterocycles. The quantitative estimate of drug-likeness (QED) is 0.724. The molecule has 79 valence electrons. The number of benzene rings is 1. The van der Waals surface area contributed by atoms with Crippen LogP contribution >= 0.6 is 0 Å². The average Bonchev–Trinajstić information content (AvgIpc) is 2.25. The minimum absolute atomic E-state index is 0.249. The average molecular weight is 200 g/mol. The van der Waals surface area contributed by atoms with Crippen LogP contribution < -0.4 is 0 Å². The van der Waals surface area contributed by atoms with Crippen LogP contribution in [0.25, 0.3) is 0 Å². The number of hydrogen-bond donors (Lipinski definition) is 0. The van der Waals surface area contributed by atoms with E-state index in [0.717, 1.165) is 12.0 Å². The number of nitriles is 1. The van der Waals surface area contributed by atoms with E-state index in [4.69, 9.17) is 5.26 Å². The molecule has 15 heavy (non-hydrogen) atoms. The lowest BCUT2D eigenvalue weighted by molar-refractivity contribution is 0.792. The Bertz CT molecular complexity index is 358. The molecular formula is C14H18N. The first-order valence-electron chi connectivity index (χ1n) is 5.54. The molecule has 0 aliphatic carbocycles. The molecule has 1 radical (unpaired) electrons. The highest BCUT2D eigenvalue weighted by atomic mass is 14.2. The van der Waals surface area contributed by atoms with Gasteiger partial charge in [0.25, 0.3) is 0 Å². The van der Waals surface area contributed by atoms with Crippen molar-refractivity contribution in [2.75, 3.05) is 0 Å². The molecule has 1 heteroatoms. The van der Waals surface area contributed by atoms with Crippen LogP contribution in [0.4, 0.5) is 0 Å². The first-order chi connectivity index (χ1) is 7.17. The van der Waals surface area contributed by atoms with Crippen LogP contribution in [0.2, 0.25) is 0 Å². The molecule has 1 aromatic rings. The molecule has 1 rings (SSSR count). The first-order valence-corrected chi connectivity index (χ1v) is 5.54. The maximum absolute atomic E-state index is 8.92. The Labute approximate surface area is 92.7 Å². The highest BCUT2D eigenvalue weighted by Crippen LogP contribution is 2.19. The summed E-state index contributed by atoms with van der Waals surface area (Å²) < 4.78 is 0. The summed E-state index contributed by atoms with van der Waals surface area (Å²) in [4.78, 5) is 0. The SMILES string of the molecule is [CH2]C(C)c1cc(C#N)cc(CCCC)c1. The van der Waals surface area contributed by atoms with Crippen LogP contribution in [0, 0.1) is 18.3 Å². The van der Waals surface area contributed by atoms with Gasteiger partial charge in [-0.15, -0.1) is 0 Å². The summed E-state index contributed by atoms with van der Waals surface area (Å²) in [6.07, 6.45) is 3.43. The Hall–Kier alpha value is -1.29. The topological polar surface area (TPSA) is 23.8 Å². The maximum atomic E-state index is 8.92. The van der Waals surface area contributed by atoms with Crippen LogP contribution in [0.5, 0.6) is 0 Å². The van der Waals surface area contributed by atoms with E-state index in [0.29, 0.717) is 0 Å². The third kappa shape index (κ3) is 3.40. The number of hydrogen-bond acceptors (Lipinski definition) is 1. The van der Waals surface area contributed by atoms with Gasteiger partial charge in [0, 0.05) is 0 Å². The van der Waals surface area contributed by atoms with Gasteiger partial charge < -0.3 is 0 Å². The zero-order valence-corrected chi connectivity index (χ0v) is 9.59. The van der Waals surface area contributed by atoms with Crippen molar-refractivity contribution in [2.45, 2.75) is 39.0 Å². The van der Waals surface area contributed by atoms with E-state index in [1.54, 1.807) is 0 Å².